The van der Waals surface area contributed by atoms with Crippen LogP contribution in [-0.4, -0.2) is 6.54 Å². The lowest BCUT2D eigenvalue weighted by Gasteiger charge is -2.44. The molecular weight excluding hydrogens is 198 g/mol. The summed E-state index contributed by atoms with van der Waals surface area (Å²) in [4.78, 5) is 0. The smallest absolute Gasteiger partial charge is 0.110 e. The second-order valence-corrected chi connectivity index (χ2v) is 5.97. The van der Waals surface area contributed by atoms with Gasteiger partial charge in [-0.1, -0.05) is 12.8 Å². The summed E-state index contributed by atoms with van der Waals surface area (Å²) in [5.41, 5.74) is 1.76. The molecule has 2 heterocycles. The van der Waals surface area contributed by atoms with Gasteiger partial charge in [0, 0.05) is 24.1 Å². The monoisotopic (exact) mass is 217 g/mol. The molecule has 1 spiro atoms. The Morgan fingerprint density at radius 2 is 2.06 bits per heavy atom. The van der Waals surface area contributed by atoms with Crippen LogP contribution in [-0.2, 0) is 12.0 Å². The predicted molar refractivity (Wildman–Crippen MR) is 62.2 cm³/mol. The zero-order valence-corrected chi connectivity index (χ0v) is 9.67. The SMILES string of the molecule is c1cc2c(o1)CCNC21CC2CCC(C2)C1. The molecule has 0 radical (unpaired) electrons. The van der Waals surface area contributed by atoms with Gasteiger partial charge in [-0.05, 0) is 37.2 Å². The lowest BCUT2D eigenvalue weighted by molar-refractivity contribution is 0.159. The Morgan fingerprint density at radius 1 is 1.25 bits per heavy atom. The maximum absolute atomic E-state index is 5.63. The first-order valence-corrected chi connectivity index (χ1v) is 6.68. The number of furan rings is 1. The van der Waals surface area contributed by atoms with Crippen LogP contribution in [0, 0.1) is 11.8 Å². The molecule has 2 nitrogen and oxygen atoms in total. The van der Waals surface area contributed by atoms with Crippen LogP contribution in [0.15, 0.2) is 16.7 Å². The van der Waals surface area contributed by atoms with Crippen LogP contribution in [0.1, 0.15) is 43.4 Å². The van der Waals surface area contributed by atoms with Gasteiger partial charge in [-0.3, -0.25) is 0 Å². The minimum Gasteiger partial charge on any atom is -0.469 e. The first-order chi connectivity index (χ1) is 7.86. The minimum absolute atomic E-state index is 0.282. The normalized spacial score (nSPS) is 41.2. The van der Waals surface area contributed by atoms with E-state index in [0.29, 0.717) is 0 Å². The minimum atomic E-state index is 0.282. The third-order valence-corrected chi connectivity index (χ3v) is 5.00. The Labute approximate surface area is 96.4 Å². The number of nitrogens with one attached hydrogen (secondary N) is 1. The Balaban J connectivity index is 1.78. The van der Waals surface area contributed by atoms with Gasteiger partial charge in [0.25, 0.3) is 0 Å². The Bertz CT molecular complexity index is 397. The van der Waals surface area contributed by atoms with Gasteiger partial charge in [0.15, 0.2) is 0 Å². The summed E-state index contributed by atoms with van der Waals surface area (Å²) in [6, 6.07) is 2.21. The number of hydrogen-bond acceptors (Lipinski definition) is 2. The van der Waals surface area contributed by atoms with E-state index >= 15 is 0 Å². The molecule has 1 aliphatic heterocycles. The van der Waals surface area contributed by atoms with E-state index < -0.39 is 0 Å². The summed E-state index contributed by atoms with van der Waals surface area (Å²) < 4.78 is 5.63. The Kier molecular flexibility index (Phi) is 1.82. The summed E-state index contributed by atoms with van der Waals surface area (Å²) in [6.07, 6.45) is 10.0. The third-order valence-electron chi connectivity index (χ3n) is 5.00. The lowest BCUT2D eigenvalue weighted by Crippen LogP contribution is -2.50. The van der Waals surface area contributed by atoms with Crippen LogP contribution in [0.5, 0.6) is 0 Å². The summed E-state index contributed by atoms with van der Waals surface area (Å²) in [7, 11) is 0. The molecule has 86 valence electrons. The predicted octanol–water partition coefficient (Wildman–Crippen LogP) is 2.83. The highest BCUT2D eigenvalue weighted by molar-refractivity contribution is 5.31. The average Bonchev–Trinajstić information content (AvgIpc) is 2.87. The lowest BCUT2D eigenvalue weighted by atomic mass is 9.70. The largest absolute Gasteiger partial charge is 0.469 e. The highest BCUT2D eigenvalue weighted by Gasteiger charge is 2.47. The van der Waals surface area contributed by atoms with Crippen LogP contribution < -0.4 is 5.32 Å². The third kappa shape index (κ3) is 1.17. The molecule has 2 saturated carbocycles. The Hall–Kier alpha value is -0.760. The van der Waals surface area contributed by atoms with Crippen molar-refractivity contribution in [2.45, 2.75) is 44.1 Å². The molecule has 1 N–H and O–H groups in total. The molecule has 2 aliphatic carbocycles. The van der Waals surface area contributed by atoms with Gasteiger partial charge in [0.05, 0.1) is 6.26 Å². The van der Waals surface area contributed by atoms with Crippen LogP contribution in [0.2, 0.25) is 0 Å². The maximum Gasteiger partial charge on any atom is 0.110 e. The quantitative estimate of drug-likeness (QED) is 0.723. The number of fused-ring (bicyclic) bond motifs is 4. The molecule has 2 fully saturated rings. The van der Waals surface area contributed by atoms with E-state index in [1.54, 1.807) is 0 Å². The van der Waals surface area contributed by atoms with Crippen molar-refractivity contribution in [2.75, 3.05) is 6.54 Å². The van der Waals surface area contributed by atoms with E-state index in [2.05, 4.69) is 11.4 Å². The second kappa shape index (κ2) is 3.13. The molecule has 1 aromatic rings. The van der Waals surface area contributed by atoms with Crippen molar-refractivity contribution in [3.63, 3.8) is 0 Å². The molecule has 1 aromatic heterocycles. The van der Waals surface area contributed by atoms with Crippen molar-refractivity contribution < 1.29 is 4.42 Å². The van der Waals surface area contributed by atoms with Crippen molar-refractivity contribution in [2.24, 2.45) is 11.8 Å². The first kappa shape index (κ1) is 9.29. The molecule has 2 heteroatoms. The molecule has 0 amide bonds. The van der Waals surface area contributed by atoms with Crippen LogP contribution in [0.4, 0.5) is 0 Å². The van der Waals surface area contributed by atoms with E-state index in [-0.39, 0.29) is 5.54 Å². The van der Waals surface area contributed by atoms with Crippen LogP contribution >= 0.6 is 0 Å². The molecule has 16 heavy (non-hydrogen) atoms. The summed E-state index contributed by atoms with van der Waals surface area (Å²) in [5.74, 6) is 3.18. The average molecular weight is 217 g/mol. The fraction of sp³-hybridized carbons (Fsp3) is 0.714. The van der Waals surface area contributed by atoms with E-state index in [0.717, 1.165) is 24.8 Å². The van der Waals surface area contributed by atoms with Gasteiger partial charge < -0.3 is 9.73 Å². The first-order valence-electron chi connectivity index (χ1n) is 6.68. The van der Waals surface area contributed by atoms with Gasteiger partial charge >= 0.3 is 0 Å². The summed E-state index contributed by atoms with van der Waals surface area (Å²) >= 11 is 0. The topological polar surface area (TPSA) is 25.2 Å². The zero-order chi connectivity index (χ0) is 10.6. The van der Waals surface area contributed by atoms with Gasteiger partial charge in [-0.25, -0.2) is 0 Å². The van der Waals surface area contributed by atoms with Crippen molar-refractivity contribution in [3.05, 3.63) is 23.7 Å². The van der Waals surface area contributed by atoms with E-state index in [1.165, 1.54) is 43.4 Å². The fourth-order valence-electron chi connectivity index (χ4n) is 4.45. The molecule has 2 bridgehead atoms. The fourth-order valence-corrected chi connectivity index (χ4v) is 4.45. The number of rotatable bonds is 0. The van der Waals surface area contributed by atoms with Gasteiger partial charge in [-0.15, -0.1) is 0 Å². The maximum atomic E-state index is 5.63. The van der Waals surface area contributed by atoms with E-state index in [9.17, 15) is 0 Å². The molecular formula is C14H19NO. The highest BCUT2D eigenvalue weighted by atomic mass is 16.3. The van der Waals surface area contributed by atoms with Gasteiger partial charge in [0.1, 0.15) is 5.76 Å². The van der Waals surface area contributed by atoms with E-state index in [1.807, 2.05) is 6.26 Å². The van der Waals surface area contributed by atoms with Gasteiger partial charge in [-0.2, -0.15) is 0 Å². The van der Waals surface area contributed by atoms with E-state index in [4.69, 9.17) is 4.42 Å². The van der Waals surface area contributed by atoms with Crippen LogP contribution in [0.3, 0.4) is 0 Å². The standard InChI is InChI=1S/C14H19NO/c1-2-11-7-10(1)8-14(9-11)12-4-6-16-13(12)3-5-15-14/h4,6,10-11,15H,1-3,5,7-9H2. The van der Waals surface area contributed by atoms with Crippen molar-refractivity contribution in [1.82, 2.24) is 5.32 Å². The van der Waals surface area contributed by atoms with Crippen molar-refractivity contribution in [3.8, 4) is 0 Å². The second-order valence-electron chi connectivity index (χ2n) is 5.97. The molecule has 2 atom stereocenters. The molecule has 0 saturated heterocycles. The molecule has 2 unspecified atom stereocenters. The highest BCUT2D eigenvalue weighted by Crippen LogP contribution is 2.52. The van der Waals surface area contributed by atoms with Gasteiger partial charge in [0.2, 0.25) is 0 Å². The Morgan fingerprint density at radius 3 is 2.88 bits per heavy atom. The summed E-state index contributed by atoms with van der Waals surface area (Å²) in [6.45, 7) is 1.10. The molecule has 3 aliphatic rings. The van der Waals surface area contributed by atoms with Crippen LogP contribution in [0.25, 0.3) is 0 Å². The molecule has 4 rings (SSSR count). The summed E-state index contributed by atoms with van der Waals surface area (Å²) in [5, 5.41) is 3.82. The zero-order valence-electron chi connectivity index (χ0n) is 9.67. The number of hydrogen-bond donors (Lipinski definition) is 1. The molecule has 0 aromatic carbocycles. The van der Waals surface area contributed by atoms with Crippen molar-refractivity contribution in [1.29, 1.82) is 0 Å². The van der Waals surface area contributed by atoms with Crippen molar-refractivity contribution >= 4 is 0 Å².